The summed E-state index contributed by atoms with van der Waals surface area (Å²) in [4.78, 5) is 0. The van der Waals surface area contributed by atoms with Gasteiger partial charge in [0.2, 0.25) is 0 Å². The van der Waals surface area contributed by atoms with Crippen LogP contribution in [0.4, 0.5) is 0 Å². The first-order valence-electron chi connectivity index (χ1n) is 1.89. The fraction of sp³-hybridized carbons (Fsp3) is 1.00. The molecule has 3 nitrogen and oxygen atoms in total. The average molecular weight is 197 g/mol. The van der Waals surface area contributed by atoms with Gasteiger partial charge in [0, 0.05) is 13.1 Å². The third-order valence-electron chi connectivity index (χ3n) is 0.394. The van der Waals surface area contributed by atoms with E-state index in [2.05, 4.69) is 5.32 Å². The molecule has 0 aliphatic heterocycles. The normalized spacial score (nSPS) is 6.86. The van der Waals surface area contributed by atoms with Crippen LogP contribution in [0.2, 0.25) is 0 Å². The van der Waals surface area contributed by atoms with Crippen molar-refractivity contribution in [2.45, 2.75) is 0 Å². The van der Waals surface area contributed by atoms with E-state index in [9.17, 15) is 0 Å². The predicted molar refractivity (Wildman–Crippen MR) is 23.7 cm³/mol. The van der Waals surface area contributed by atoms with Gasteiger partial charge < -0.3 is 11.1 Å². The molecule has 4 heteroatoms. The van der Waals surface area contributed by atoms with Crippen LogP contribution in [0.25, 0.3) is 0 Å². The van der Waals surface area contributed by atoms with Crippen LogP contribution in [0.15, 0.2) is 0 Å². The van der Waals surface area contributed by atoms with E-state index in [1.165, 1.54) is 19.2 Å². The second kappa shape index (κ2) is 16.2. The molecule has 0 aromatic heterocycles. The Morgan fingerprint density at radius 2 is 2.14 bits per heavy atom. The van der Waals surface area contributed by atoms with Crippen molar-refractivity contribution in [2.24, 2.45) is 5.73 Å². The molecule has 0 aromatic rings. The average Bonchev–Trinajstić information content (AvgIpc) is 1.75. The molecule has 3 N–H and O–H groups in total. The molecule has 0 heterocycles. The zero-order chi connectivity index (χ0) is 6.12. The Kier molecular flexibility index (Phi) is 24.0. The Labute approximate surface area is 54.3 Å². The third-order valence-corrected chi connectivity index (χ3v) is 0.394. The molecule has 0 aliphatic rings. The van der Waals surface area contributed by atoms with Crippen molar-refractivity contribution in [1.82, 2.24) is 5.32 Å². The first-order valence-corrected chi connectivity index (χ1v) is 2.53. The molecule has 0 radical (unpaired) electrons. The molecule has 0 fully saturated rings. The van der Waals surface area contributed by atoms with Gasteiger partial charge in [0.25, 0.3) is 0 Å². The number of hydrogen-bond acceptors (Lipinski definition) is 3. The summed E-state index contributed by atoms with van der Waals surface area (Å²) < 4.78 is 8.10. The van der Waals surface area contributed by atoms with Crippen LogP contribution in [-0.2, 0) is 22.6 Å². The summed E-state index contributed by atoms with van der Waals surface area (Å²) in [5, 5.41) is 2.89. The maximum atomic E-state index is 8.10. The molecule has 0 amide bonds. The van der Waals surface area contributed by atoms with Crippen molar-refractivity contribution in [1.29, 1.82) is 0 Å². The third kappa shape index (κ3) is 21.6. The van der Waals surface area contributed by atoms with Gasteiger partial charge in [0.05, 0.1) is 0 Å². The number of rotatable bonds is 2. The summed E-state index contributed by atoms with van der Waals surface area (Å²) in [6.07, 6.45) is 0. The quantitative estimate of drug-likeness (QED) is 0.560. The van der Waals surface area contributed by atoms with E-state index in [0.717, 1.165) is 13.1 Å². The molecule has 0 bridgehead atoms. The van der Waals surface area contributed by atoms with E-state index in [4.69, 9.17) is 9.20 Å². The van der Waals surface area contributed by atoms with Gasteiger partial charge in [-0.3, -0.25) is 0 Å². The number of hydrogen-bond donors (Lipinski definition) is 2. The molecule has 0 atom stereocenters. The van der Waals surface area contributed by atoms with Gasteiger partial charge in [0.1, 0.15) is 0 Å². The molecule has 0 spiro atoms. The molecule has 0 aliphatic carbocycles. The number of nitrogens with one attached hydrogen (secondary N) is 1. The zero-order valence-corrected chi connectivity index (χ0v) is 5.77. The molecule has 48 valence electrons. The van der Waals surface area contributed by atoms with Crippen molar-refractivity contribution in [2.75, 3.05) is 20.1 Å². The van der Waals surface area contributed by atoms with Crippen LogP contribution in [0, 0.1) is 0 Å². The maximum absolute atomic E-state index is 8.10. The first kappa shape index (κ1) is 10.4. The van der Waals surface area contributed by atoms with Gasteiger partial charge in [0.15, 0.2) is 0 Å². The van der Waals surface area contributed by atoms with E-state index in [1.54, 1.807) is 0 Å². The first-order chi connectivity index (χ1) is 3.41. The Hall–Kier alpha value is 0.382. The van der Waals surface area contributed by atoms with Gasteiger partial charge >= 0.3 is 22.6 Å². The minimum absolute atomic E-state index is 0.733. The van der Waals surface area contributed by atoms with E-state index in [0.29, 0.717) is 0 Å². The Morgan fingerprint density at radius 1 is 1.71 bits per heavy atom. The standard InChI is InChI=1S/C3H10N2.O.Pd/c1-5-3-2-4;;/h5H,2-4H2,1H3;;. The van der Waals surface area contributed by atoms with Crippen molar-refractivity contribution < 1.29 is 22.6 Å². The molecular formula is C3H10N2OPd. The van der Waals surface area contributed by atoms with Gasteiger partial charge in [-0.05, 0) is 7.05 Å². The Morgan fingerprint density at radius 3 is 2.14 bits per heavy atom. The Bertz CT molecular complexity index is 26.9. The fourth-order valence-electron chi connectivity index (χ4n) is 0.144. The minimum atomic E-state index is 0.733. The van der Waals surface area contributed by atoms with Crippen LogP contribution < -0.4 is 11.1 Å². The summed E-state index contributed by atoms with van der Waals surface area (Å²) in [6, 6.07) is 0. The second-order valence-electron chi connectivity index (χ2n) is 0.892. The van der Waals surface area contributed by atoms with Crippen molar-refractivity contribution >= 4 is 0 Å². The van der Waals surface area contributed by atoms with Gasteiger partial charge in [-0.2, -0.15) is 0 Å². The van der Waals surface area contributed by atoms with Gasteiger partial charge in [-0.1, -0.05) is 0 Å². The van der Waals surface area contributed by atoms with Crippen LogP contribution in [-0.4, -0.2) is 20.1 Å². The summed E-state index contributed by atoms with van der Waals surface area (Å²) in [5.74, 6) is 0. The second-order valence-corrected chi connectivity index (χ2v) is 0.892. The zero-order valence-electron chi connectivity index (χ0n) is 4.22. The molecule has 0 saturated heterocycles. The summed E-state index contributed by atoms with van der Waals surface area (Å²) in [5.41, 5.74) is 5.08. The van der Waals surface area contributed by atoms with Crippen LogP contribution in [0.5, 0.6) is 0 Å². The fourth-order valence-corrected chi connectivity index (χ4v) is 0.144. The monoisotopic (exact) mass is 196 g/mol. The SMILES string of the molecule is CNCCN.[O]=[Pd]. The molecule has 0 aromatic carbocycles. The van der Waals surface area contributed by atoms with E-state index in [1.807, 2.05) is 7.05 Å². The molecule has 0 rings (SSSR count). The van der Waals surface area contributed by atoms with Gasteiger partial charge in [-0.25, -0.2) is 0 Å². The van der Waals surface area contributed by atoms with E-state index < -0.39 is 0 Å². The Balaban J connectivity index is 0. The summed E-state index contributed by atoms with van der Waals surface area (Å²) >= 11 is 1.50. The van der Waals surface area contributed by atoms with Crippen LogP contribution >= 0.6 is 0 Å². The number of likely N-dealkylation sites (N-methyl/N-ethyl adjacent to an activating group) is 1. The van der Waals surface area contributed by atoms with E-state index in [-0.39, 0.29) is 0 Å². The molecule has 0 saturated carbocycles. The number of nitrogens with two attached hydrogens (primary N) is 1. The topological polar surface area (TPSA) is 55.1 Å². The summed E-state index contributed by atoms with van der Waals surface area (Å²) in [7, 11) is 1.88. The van der Waals surface area contributed by atoms with Crippen LogP contribution in [0.1, 0.15) is 0 Å². The van der Waals surface area contributed by atoms with Crippen LogP contribution in [0.3, 0.4) is 0 Å². The van der Waals surface area contributed by atoms with E-state index >= 15 is 0 Å². The van der Waals surface area contributed by atoms with Crippen molar-refractivity contribution in [3.8, 4) is 0 Å². The predicted octanol–water partition coefficient (Wildman–Crippen LogP) is -0.957. The molecule has 7 heavy (non-hydrogen) atoms. The molecule has 0 unspecified atom stereocenters. The summed E-state index contributed by atoms with van der Waals surface area (Å²) in [6.45, 7) is 1.65. The van der Waals surface area contributed by atoms with Crippen molar-refractivity contribution in [3.05, 3.63) is 0 Å². The van der Waals surface area contributed by atoms with Crippen molar-refractivity contribution in [3.63, 3.8) is 0 Å². The molecular weight excluding hydrogens is 186 g/mol. The van der Waals surface area contributed by atoms with Gasteiger partial charge in [-0.15, -0.1) is 0 Å².